The summed E-state index contributed by atoms with van der Waals surface area (Å²) in [6.07, 6.45) is 1.97. The van der Waals surface area contributed by atoms with Gasteiger partial charge in [-0.05, 0) is 32.1 Å². The van der Waals surface area contributed by atoms with Crippen molar-refractivity contribution in [2.75, 3.05) is 13.6 Å². The Morgan fingerprint density at radius 2 is 2.06 bits per heavy atom. The quantitative estimate of drug-likeness (QED) is 0.827. The highest BCUT2D eigenvalue weighted by atomic mass is 35.5. The normalized spacial score (nSPS) is 11.2. The predicted octanol–water partition coefficient (Wildman–Crippen LogP) is 3.02. The van der Waals surface area contributed by atoms with Gasteiger partial charge in [-0.15, -0.1) is 0 Å². The molecule has 0 amide bonds. The number of halogens is 2. The van der Waals surface area contributed by atoms with Crippen LogP contribution < -0.4 is 5.32 Å². The minimum atomic E-state index is 0.544. The van der Waals surface area contributed by atoms with Gasteiger partial charge in [-0.2, -0.15) is 0 Å². The van der Waals surface area contributed by atoms with Crippen molar-refractivity contribution < 1.29 is 0 Å². The second-order valence-corrected chi connectivity index (χ2v) is 4.49. The number of aromatic amines is 1. The average molecular weight is 258 g/mol. The van der Waals surface area contributed by atoms with E-state index < -0.39 is 0 Å². The number of nitrogens with zero attached hydrogens (tertiary/aromatic N) is 1. The lowest BCUT2D eigenvalue weighted by Gasteiger charge is -1.95. The van der Waals surface area contributed by atoms with Gasteiger partial charge in [-0.3, -0.25) is 0 Å². The van der Waals surface area contributed by atoms with Crippen LogP contribution in [0.5, 0.6) is 0 Å². The van der Waals surface area contributed by atoms with Crippen molar-refractivity contribution in [3.05, 3.63) is 28.0 Å². The zero-order valence-corrected chi connectivity index (χ0v) is 10.5. The Kier molecular flexibility index (Phi) is 3.69. The van der Waals surface area contributed by atoms with Crippen molar-refractivity contribution in [2.24, 2.45) is 0 Å². The SMILES string of the molecule is CNCCCc1nc2cc(Cl)c(Cl)cc2[nH]1. The fraction of sp³-hybridized carbons (Fsp3) is 0.364. The minimum absolute atomic E-state index is 0.544. The Labute approximate surface area is 104 Å². The molecule has 2 rings (SSSR count). The zero-order valence-electron chi connectivity index (χ0n) is 8.98. The van der Waals surface area contributed by atoms with Crippen LogP contribution in [0.4, 0.5) is 0 Å². The van der Waals surface area contributed by atoms with Crippen LogP contribution in [0.3, 0.4) is 0 Å². The monoisotopic (exact) mass is 257 g/mol. The van der Waals surface area contributed by atoms with Gasteiger partial charge < -0.3 is 10.3 Å². The van der Waals surface area contributed by atoms with Crippen LogP contribution in [-0.4, -0.2) is 23.6 Å². The van der Waals surface area contributed by atoms with Gasteiger partial charge in [-0.1, -0.05) is 23.2 Å². The molecule has 0 aliphatic rings. The van der Waals surface area contributed by atoms with Gasteiger partial charge in [-0.25, -0.2) is 4.98 Å². The first-order valence-corrected chi connectivity index (χ1v) is 5.94. The van der Waals surface area contributed by atoms with E-state index in [1.54, 1.807) is 6.07 Å². The molecule has 1 heterocycles. The number of imidazole rings is 1. The maximum absolute atomic E-state index is 5.93. The number of benzene rings is 1. The van der Waals surface area contributed by atoms with Crippen molar-refractivity contribution in [3.63, 3.8) is 0 Å². The smallest absolute Gasteiger partial charge is 0.107 e. The number of fused-ring (bicyclic) bond motifs is 1. The molecule has 0 bridgehead atoms. The molecule has 1 aromatic carbocycles. The summed E-state index contributed by atoms with van der Waals surface area (Å²) in [4.78, 5) is 7.70. The van der Waals surface area contributed by atoms with Gasteiger partial charge in [0.15, 0.2) is 0 Å². The topological polar surface area (TPSA) is 40.7 Å². The lowest BCUT2D eigenvalue weighted by molar-refractivity contribution is 0.709. The van der Waals surface area contributed by atoms with Gasteiger partial charge in [0.2, 0.25) is 0 Å². The van der Waals surface area contributed by atoms with E-state index in [0.717, 1.165) is 36.2 Å². The number of nitrogens with one attached hydrogen (secondary N) is 2. The van der Waals surface area contributed by atoms with Crippen molar-refractivity contribution in [1.29, 1.82) is 0 Å². The summed E-state index contributed by atoms with van der Waals surface area (Å²) in [6.45, 7) is 0.985. The van der Waals surface area contributed by atoms with E-state index in [9.17, 15) is 0 Å². The molecule has 0 saturated carbocycles. The molecule has 2 N–H and O–H groups in total. The number of hydrogen-bond acceptors (Lipinski definition) is 2. The first kappa shape index (κ1) is 11.7. The lowest BCUT2D eigenvalue weighted by atomic mass is 10.3. The third-order valence-corrected chi connectivity index (χ3v) is 3.14. The van der Waals surface area contributed by atoms with E-state index in [1.165, 1.54) is 0 Å². The maximum atomic E-state index is 5.93. The van der Waals surface area contributed by atoms with Crippen molar-refractivity contribution in [1.82, 2.24) is 15.3 Å². The number of aryl methyl sites for hydroxylation is 1. The van der Waals surface area contributed by atoms with Gasteiger partial charge >= 0.3 is 0 Å². The van der Waals surface area contributed by atoms with Crippen LogP contribution in [0.2, 0.25) is 10.0 Å². The van der Waals surface area contributed by atoms with Crippen molar-refractivity contribution in [2.45, 2.75) is 12.8 Å². The zero-order chi connectivity index (χ0) is 11.5. The third kappa shape index (κ3) is 2.48. The summed E-state index contributed by atoms with van der Waals surface area (Å²) in [6, 6.07) is 3.60. The second kappa shape index (κ2) is 5.04. The molecular formula is C11H13Cl2N3. The van der Waals surface area contributed by atoms with E-state index in [0.29, 0.717) is 10.0 Å². The summed E-state index contributed by atoms with van der Waals surface area (Å²) in [7, 11) is 1.94. The highest BCUT2D eigenvalue weighted by Gasteiger charge is 2.06. The first-order valence-electron chi connectivity index (χ1n) is 5.19. The van der Waals surface area contributed by atoms with Gasteiger partial charge in [0, 0.05) is 6.42 Å². The Hall–Kier alpha value is -0.770. The molecule has 0 fully saturated rings. The van der Waals surface area contributed by atoms with E-state index in [-0.39, 0.29) is 0 Å². The molecule has 0 unspecified atom stereocenters. The third-order valence-electron chi connectivity index (χ3n) is 2.41. The molecule has 0 spiro atoms. The van der Waals surface area contributed by atoms with Crippen LogP contribution in [0.15, 0.2) is 12.1 Å². The maximum Gasteiger partial charge on any atom is 0.107 e. The van der Waals surface area contributed by atoms with Crippen LogP contribution in [0.1, 0.15) is 12.2 Å². The van der Waals surface area contributed by atoms with E-state index >= 15 is 0 Å². The Morgan fingerprint density at radius 3 is 2.81 bits per heavy atom. The minimum Gasteiger partial charge on any atom is -0.342 e. The Morgan fingerprint density at radius 1 is 1.31 bits per heavy atom. The van der Waals surface area contributed by atoms with Crippen molar-refractivity contribution in [3.8, 4) is 0 Å². The standard InChI is InChI=1S/C11H13Cl2N3/c1-14-4-2-3-11-15-9-5-7(12)8(13)6-10(9)16-11/h5-6,14H,2-4H2,1H3,(H,15,16). The molecule has 16 heavy (non-hydrogen) atoms. The molecule has 0 saturated heterocycles. The summed E-state index contributed by atoms with van der Waals surface area (Å²) in [5.41, 5.74) is 1.81. The van der Waals surface area contributed by atoms with Crippen LogP contribution in [0, 0.1) is 0 Å². The van der Waals surface area contributed by atoms with E-state index in [2.05, 4.69) is 15.3 Å². The highest BCUT2D eigenvalue weighted by molar-refractivity contribution is 6.42. The molecule has 3 nitrogen and oxygen atoms in total. The number of hydrogen-bond donors (Lipinski definition) is 2. The summed E-state index contributed by atoms with van der Waals surface area (Å²) in [5.74, 6) is 0.976. The number of H-pyrrole nitrogens is 1. The summed E-state index contributed by atoms with van der Waals surface area (Å²) >= 11 is 11.9. The van der Waals surface area contributed by atoms with Crippen LogP contribution in [-0.2, 0) is 6.42 Å². The Balaban J connectivity index is 2.23. The summed E-state index contributed by atoms with van der Waals surface area (Å²) in [5, 5.41) is 4.21. The molecule has 0 aliphatic heterocycles. The average Bonchev–Trinajstić information content (AvgIpc) is 2.61. The Bertz CT molecular complexity index is 454. The highest BCUT2D eigenvalue weighted by Crippen LogP contribution is 2.26. The predicted molar refractivity (Wildman–Crippen MR) is 68.4 cm³/mol. The fourth-order valence-corrected chi connectivity index (χ4v) is 1.93. The molecule has 1 aromatic heterocycles. The molecule has 5 heteroatoms. The van der Waals surface area contributed by atoms with Gasteiger partial charge in [0.1, 0.15) is 5.82 Å². The van der Waals surface area contributed by atoms with E-state index in [4.69, 9.17) is 23.2 Å². The van der Waals surface area contributed by atoms with Crippen LogP contribution >= 0.6 is 23.2 Å². The molecule has 0 atom stereocenters. The van der Waals surface area contributed by atoms with Crippen molar-refractivity contribution >= 4 is 34.2 Å². The molecule has 0 aliphatic carbocycles. The first-order chi connectivity index (χ1) is 7.70. The second-order valence-electron chi connectivity index (χ2n) is 3.67. The molecule has 86 valence electrons. The number of aromatic nitrogens is 2. The summed E-state index contributed by atoms with van der Waals surface area (Å²) < 4.78 is 0. The molecule has 2 aromatic rings. The number of rotatable bonds is 4. The fourth-order valence-electron chi connectivity index (χ4n) is 1.61. The lowest BCUT2D eigenvalue weighted by Crippen LogP contribution is -2.08. The van der Waals surface area contributed by atoms with E-state index in [1.807, 2.05) is 13.1 Å². The van der Waals surface area contributed by atoms with Crippen LogP contribution in [0.25, 0.3) is 11.0 Å². The van der Waals surface area contributed by atoms with Gasteiger partial charge in [0.25, 0.3) is 0 Å². The van der Waals surface area contributed by atoms with Gasteiger partial charge in [0.05, 0.1) is 21.1 Å². The molecule has 0 radical (unpaired) electrons. The molecular weight excluding hydrogens is 245 g/mol. The largest absolute Gasteiger partial charge is 0.342 e.